The molecule has 1 atom stereocenters. The maximum Gasteiger partial charge on any atom is 0.317 e. The largest absolute Gasteiger partial charge is 0.341 e. The van der Waals surface area contributed by atoms with Crippen LogP contribution in [0.3, 0.4) is 0 Å². The molecule has 124 valence electrons. The summed E-state index contributed by atoms with van der Waals surface area (Å²) in [5.74, 6) is 0.768. The normalized spacial score (nSPS) is 22.3. The summed E-state index contributed by atoms with van der Waals surface area (Å²) in [6.45, 7) is 2.11. The van der Waals surface area contributed by atoms with Crippen molar-refractivity contribution in [3.63, 3.8) is 0 Å². The number of urea groups is 1. The number of hydrogen-bond acceptors (Lipinski definition) is 2. The molecule has 23 heavy (non-hydrogen) atoms. The van der Waals surface area contributed by atoms with Crippen molar-refractivity contribution in [1.29, 1.82) is 0 Å². The summed E-state index contributed by atoms with van der Waals surface area (Å²) >= 11 is 0. The summed E-state index contributed by atoms with van der Waals surface area (Å²) in [4.78, 5) is 27.4. The minimum Gasteiger partial charge on any atom is -0.341 e. The van der Waals surface area contributed by atoms with Crippen LogP contribution in [0.5, 0.6) is 0 Å². The predicted molar refractivity (Wildman–Crippen MR) is 89.0 cm³/mol. The van der Waals surface area contributed by atoms with Crippen LogP contribution in [-0.2, 0) is 11.2 Å². The van der Waals surface area contributed by atoms with E-state index in [-0.39, 0.29) is 18.0 Å². The molecule has 3 rings (SSSR count). The van der Waals surface area contributed by atoms with Gasteiger partial charge in [-0.3, -0.25) is 4.79 Å². The molecule has 2 saturated heterocycles. The summed E-state index contributed by atoms with van der Waals surface area (Å²) in [5, 5.41) is 2.75. The molecule has 1 N–H and O–H groups in total. The Kier molecular flexibility index (Phi) is 4.84. The Labute approximate surface area is 137 Å². The van der Waals surface area contributed by atoms with Crippen molar-refractivity contribution >= 4 is 11.9 Å². The lowest BCUT2D eigenvalue weighted by atomic mass is 9.90. The van der Waals surface area contributed by atoms with E-state index >= 15 is 0 Å². The number of rotatable bonds is 4. The molecule has 5 heteroatoms. The number of amides is 3. The molecule has 0 spiro atoms. The number of likely N-dealkylation sites (tertiary alicyclic amines) is 1. The van der Waals surface area contributed by atoms with Gasteiger partial charge in [-0.15, -0.1) is 0 Å². The van der Waals surface area contributed by atoms with Crippen molar-refractivity contribution in [2.75, 3.05) is 26.7 Å². The second-order valence-corrected chi connectivity index (χ2v) is 6.68. The number of piperidine rings is 1. The van der Waals surface area contributed by atoms with Gasteiger partial charge in [-0.05, 0) is 37.2 Å². The highest BCUT2D eigenvalue weighted by Crippen LogP contribution is 2.23. The first kappa shape index (κ1) is 15.8. The highest BCUT2D eigenvalue weighted by molar-refractivity contribution is 5.90. The minimum absolute atomic E-state index is 0.0733. The molecule has 0 aliphatic carbocycles. The second-order valence-electron chi connectivity index (χ2n) is 6.68. The molecule has 0 saturated carbocycles. The van der Waals surface area contributed by atoms with E-state index in [9.17, 15) is 9.59 Å². The van der Waals surface area contributed by atoms with Crippen LogP contribution in [0.25, 0.3) is 0 Å². The van der Waals surface area contributed by atoms with Crippen molar-refractivity contribution in [1.82, 2.24) is 15.1 Å². The minimum atomic E-state index is -0.367. The molecule has 0 radical (unpaired) electrons. The molecule has 0 aromatic heterocycles. The summed E-state index contributed by atoms with van der Waals surface area (Å²) in [5.41, 5.74) is 1.39. The van der Waals surface area contributed by atoms with Crippen LogP contribution in [0, 0.1) is 5.92 Å². The van der Waals surface area contributed by atoms with Crippen molar-refractivity contribution in [3.8, 4) is 0 Å². The van der Waals surface area contributed by atoms with E-state index in [2.05, 4.69) is 29.6 Å². The quantitative estimate of drug-likeness (QED) is 0.922. The lowest BCUT2D eigenvalue weighted by Crippen LogP contribution is -2.48. The Balaban J connectivity index is 1.43. The van der Waals surface area contributed by atoms with E-state index in [1.165, 1.54) is 12.0 Å². The lowest BCUT2D eigenvalue weighted by molar-refractivity contribution is -0.134. The van der Waals surface area contributed by atoms with Crippen molar-refractivity contribution in [2.24, 2.45) is 5.92 Å². The molecule has 1 aromatic carbocycles. The molecule has 3 amide bonds. The van der Waals surface area contributed by atoms with Crippen molar-refractivity contribution in [3.05, 3.63) is 35.9 Å². The summed E-state index contributed by atoms with van der Waals surface area (Å²) < 4.78 is 0. The zero-order valence-corrected chi connectivity index (χ0v) is 13.7. The Morgan fingerprint density at radius 2 is 1.91 bits per heavy atom. The Hall–Kier alpha value is -2.04. The SMILES string of the molecule is CN1CC(C(=O)N2CCC(CCc3ccccc3)CC2)NC1=O. The van der Waals surface area contributed by atoms with Gasteiger partial charge in [-0.2, -0.15) is 0 Å². The first-order valence-electron chi connectivity index (χ1n) is 8.48. The average Bonchev–Trinajstić information content (AvgIpc) is 2.93. The molecule has 2 aliphatic heterocycles. The summed E-state index contributed by atoms with van der Waals surface area (Å²) in [7, 11) is 1.72. The van der Waals surface area contributed by atoms with Crippen LogP contribution >= 0.6 is 0 Å². The number of carbonyl (C=O) groups excluding carboxylic acids is 2. The van der Waals surface area contributed by atoms with Crippen LogP contribution in [0.4, 0.5) is 4.79 Å². The van der Waals surface area contributed by atoms with Gasteiger partial charge in [0.05, 0.1) is 6.54 Å². The zero-order valence-electron chi connectivity index (χ0n) is 13.7. The molecule has 2 fully saturated rings. The molecule has 5 nitrogen and oxygen atoms in total. The van der Waals surface area contributed by atoms with Crippen LogP contribution in [0.2, 0.25) is 0 Å². The number of nitrogens with zero attached hydrogens (tertiary/aromatic N) is 2. The molecule has 1 unspecified atom stereocenters. The van der Waals surface area contributed by atoms with Gasteiger partial charge in [-0.25, -0.2) is 4.79 Å². The van der Waals surface area contributed by atoms with E-state index in [1.807, 2.05) is 11.0 Å². The monoisotopic (exact) mass is 315 g/mol. The Bertz CT molecular complexity index is 553. The van der Waals surface area contributed by atoms with Gasteiger partial charge < -0.3 is 15.1 Å². The van der Waals surface area contributed by atoms with Gasteiger partial charge in [0, 0.05) is 20.1 Å². The number of aryl methyl sites for hydroxylation is 1. The highest BCUT2D eigenvalue weighted by atomic mass is 16.2. The lowest BCUT2D eigenvalue weighted by Gasteiger charge is -2.33. The van der Waals surface area contributed by atoms with Gasteiger partial charge >= 0.3 is 6.03 Å². The highest BCUT2D eigenvalue weighted by Gasteiger charge is 2.35. The van der Waals surface area contributed by atoms with Crippen LogP contribution in [-0.4, -0.2) is 54.5 Å². The topological polar surface area (TPSA) is 52.7 Å². The van der Waals surface area contributed by atoms with E-state index in [0.717, 1.165) is 32.4 Å². The third-order valence-corrected chi connectivity index (χ3v) is 5.01. The van der Waals surface area contributed by atoms with Gasteiger partial charge in [0.15, 0.2) is 0 Å². The van der Waals surface area contributed by atoms with Gasteiger partial charge in [0.25, 0.3) is 0 Å². The van der Waals surface area contributed by atoms with Gasteiger partial charge in [0.1, 0.15) is 6.04 Å². The smallest absolute Gasteiger partial charge is 0.317 e. The first-order chi connectivity index (χ1) is 11.1. The second kappa shape index (κ2) is 7.02. The fourth-order valence-corrected chi connectivity index (χ4v) is 3.48. The number of carbonyl (C=O) groups is 2. The van der Waals surface area contributed by atoms with Crippen molar-refractivity contribution < 1.29 is 9.59 Å². The Morgan fingerprint density at radius 3 is 2.52 bits per heavy atom. The molecule has 0 bridgehead atoms. The standard InChI is InChI=1S/C18H25N3O2/c1-20-13-16(19-18(20)23)17(22)21-11-9-15(10-12-21)8-7-14-5-3-2-4-6-14/h2-6,15-16H,7-13H2,1H3,(H,19,23). The molecule has 1 aromatic rings. The maximum absolute atomic E-state index is 12.5. The Morgan fingerprint density at radius 1 is 1.22 bits per heavy atom. The maximum atomic E-state index is 12.5. The summed E-state index contributed by atoms with van der Waals surface area (Å²) in [6.07, 6.45) is 4.43. The zero-order chi connectivity index (χ0) is 16.2. The molecule has 2 heterocycles. The average molecular weight is 315 g/mol. The summed E-state index contributed by atoms with van der Waals surface area (Å²) in [6, 6.07) is 10.1. The van der Waals surface area contributed by atoms with Gasteiger partial charge in [0.2, 0.25) is 5.91 Å². The van der Waals surface area contributed by atoms with Crippen LogP contribution in [0.15, 0.2) is 30.3 Å². The van der Waals surface area contributed by atoms with E-state index in [1.54, 1.807) is 11.9 Å². The van der Waals surface area contributed by atoms with E-state index in [0.29, 0.717) is 12.5 Å². The first-order valence-corrected chi connectivity index (χ1v) is 8.48. The van der Waals surface area contributed by atoms with Crippen LogP contribution in [0.1, 0.15) is 24.8 Å². The number of likely N-dealkylation sites (N-methyl/N-ethyl adjacent to an activating group) is 1. The number of hydrogen-bond donors (Lipinski definition) is 1. The van der Waals surface area contributed by atoms with Crippen molar-refractivity contribution in [2.45, 2.75) is 31.7 Å². The van der Waals surface area contributed by atoms with E-state index < -0.39 is 0 Å². The van der Waals surface area contributed by atoms with Gasteiger partial charge in [-0.1, -0.05) is 30.3 Å². The number of benzene rings is 1. The molecular weight excluding hydrogens is 290 g/mol. The van der Waals surface area contributed by atoms with E-state index in [4.69, 9.17) is 0 Å². The predicted octanol–water partition coefficient (Wildman–Crippen LogP) is 1.88. The molecule has 2 aliphatic rings. The molecular formula is C18H25N3O2. The fraction of sp³-hybridized carbons (Fsp3) is 0.556. The number of nitrogens with one attached hydrogen (secondary N) is 1. The fourth-order valence-electron chi connectivity index (χ4n) is 3.48. The third kappa shape index (κ3) is 3.84. The third-order valence-electron chi connectivity index (χ3n) is 5.01. The van der Waals surface area contributed by atoms with Crippen LogP contribution < -0.4 is 5.32 Å².